The number of hydrogen-bond acceptors (Lipinski definition) is 3. The molecule has 0 bridgehead atoms. The van der Waals surface area contributed by atoms with Crippen LogP contribution in [0.15, 0.2) is 29.7 Å². The molecule has 0 saturated heterocycles. The van der Waals surface area contributed by atoms with Gasteiger partial charge in [0.05, 0.1) is 11.7 Å². The van der Waals surface area contributed by atoms with Crippen LogP contribution in [-0.2, 0) is 0 Å². The second-order valence-electron chi connectivity index (χ2n) is 1.67. The zero-order valence-corrected chi connectivity index (χ0v) is 4.95. The molecule has 1 atom stereocenters. The highest BCUT2D eigenvalue weighted by molar-refractivity contribution is 5.05. The van der Waals surface area contributed by atoms with Gasteiger partial charge in [0, 0.05) is 0 Å². The van der Waals surface area contributed by atoms with Crippen molar-refractivity contribution in [3.63, 3.8) is 0 Å². The topological polar surface area (TPSA) is 52.0 Å². The summed E-state index contributed by atoms with van der Waals surface area (Å²) >= 11 is 0. The van der Waals surface area contributed by atoms with Crippen molar-refractivity contribution >= 4 is 0 Å². The first-order chi connectivity index (χ1) is 4.34. The molecule has 1 heterocycles. The van der Waals surface area contributed by atoms with Crippen LogP contribution in [0, 0.1) is 0 Å². The maximum atomic E-state index is 5.50. The van der Waals surface area contributed by atoms with Crippen LogP contribution in [-0.4, -0.2) is 4.98 Å². The van der Waals surface area contributed by atoms with Gasteiger partial charge in [0.15, 0.2) is 6.39 Å². The summed E-state index contributed by atoms with van der Waals surface area (Å²) in [4.78, 5) is 3.82. The molecule has 0 spiro atoms. The molecule has 0 aliphatic heterocycles. The quantitative estimate of drug-likeness (QED) is 0.595. The summed E-state index contributed by atoms with van der Waals surface area (Å²) in [5, 5.41) is 0. The van der Waals surface area contributed by atoms with Crippen molar-refractivity contribution in [2.24, 2.45) is 5.73 Å². The Kier molecular flexibility index (Phi) is 1.65. The second kappa shape index (κ2) is 2.46. The van der Waals surface area contributed by atoms with Crippen LogP contribution >= 0.6 is 0 Å². The minimum atomic E-state index is -0.205. The fraction of sp³-hybridized carbons (Fsp3) is 0.167. The minimum Gasteiger partial charge on any atom is -0.451 e. The number of oxazole rings is 1. The Balaban J connectivity index is 2.76. The lowest BCUT2D eigenvalue weighted by Gasteiger charge is -1.96. The zero-order valence-electron chi connectivity index (χ0n) is 4.95. The van der Waals surface area contributed by atoms with E-state index < -0.39 is 0 Å². The van der Waals surface area contributed by atoms with E-state index in [9.17, 15) is 0 Å². The van der Waals surface area contributed by atoms with Gasteiger partial charge in [0.25, 0.3) is 0 Å². The van der Waals surface area contributed by atoms with Crippen LogP contribution in [0.2, 0.25) is 0 Å². The molecule has 2 N–H and O–H groups in total. The first kappa shape index (κ1) is 6.04. The summed E-state index contributed by atoms with van der Waals surface area (Å²) in [6, 6.07) is -0.205. The summed E-state index contributed by atoms with van der Waals surface area (Å²) in [5.41, 5.74) is 6.21. The van der Waals surface area contributed by atoms with Crippen molar-refractivity contribution in [1.82, 2.24) is 4.98 Å². The monoisotopic (exact) mass is 124 g/mol. The molecular formula is C6H8N2O. The van der Waals surface area contributed by atoms with Crippen molar-refractivity contribution in [3.05, 3.63) is 31.0 Å². The first-order valence-corrected chi connectivity index (χ1v) is 2.61. The highest BCUT2D eigenvalue weighted by Gasteiger charge is 2.01. The van der Waals surface area contributed by atoms with Gasteiger partial charge in [0.2, 0.25) is 0 Å². The molecule has 1 rings (SSSR count). The lowest BCUT2D eigenvalue weighted by atomic mass is 10.2. The molecule has 1 aromatic rings. The summed E-state index contributed by atoms with van der Waals surface area (Å²) in [7, 11) is 0. The Labute approximate surface area is 53.2 Å². The van der Waals surface area contributed by atoms with Crippen LogP contribution in [0.4, 0.5) is 0 Å². The molecule has 0 amide bonds. The largest absolute Gasteiger partial charge is 0.451 e. The van der Waals surface area contributed by atoms with Gasteiger partial charge in [-0.2, -0.15) is 0 Å². The molecule has 9 heavy (non-hydrogen) atoms. The van der Waals surface area contributed by atoms with Crippen LogP contribution < -0.4 is 5.73 Å². The van der Waals surface area contributed by atoms with Crippen LogP contribution in [0.25, 0.3) is 0 Å². The Morgan fingerprint density at radius 3 is 3.11 bits per heavy atom. The SMILES string of the molecule is C=CC(N)c1cocn1. The molecule has 0 saturated carbocycles. The van der Waals surface area contributed by atoms with Crippen molar-refractivity contribution in [2.45, 2.75) is 6.04 Å². The molecule has 48 valence electrons. The molecular weight excluding hydrogens is 116 g/mol. The van der Waals surface area contributed by atoms with Gasteiger partial charge in [-0.05, 0) is 0 Å². The van der Waals surface area contributed by atoms with E-state index in [0.29, 0.717) is 5.69 Å². The predicted molar refractivity (Wildman–Crippen MR) is 33.6 cm³/mol. The van der Waals surface area contributed by atoms with Crippen LogP contribution in [0.1, 0.15) is 11.7 Å². The van der Waals surface area contributed by atoms with E-state index in [2.05, 4.69) is 11.6 Å². The van der Waals surface area contributed by atoms with E-state index in [0.717, 1.165) is 0 Å². The average Bonchev–Trinajstić information content (AvgIpc) is 2.37. The van der Waals surface area contributed by atoms with E-state index in [1.807, 2.05) is 0 Å². The van der Waals surface area contributed by atoms with Crippen molar-refractivity contribution in [3.8, 4) is 0 Å². The lowest BCUT2D eigenvalue weighted by Crippen LogP contribution is -2.05. The van der Waals surface area contributed by atoms with Gasteiger partial charge in [0.1, 0.15) is 6.26 Å². The van der Waals surface area contributed by atoms with E-state index in [-0.39, 0.29) is 6.04 Å². The molecule has 0 aromatic carbocycles. The predicted octanol–water partition coefficient (Wildman–Crippen LogP) is 0.860. The summed E-state index contributed by atoms with van der Waals surface area (Å²) in [6.45, 7) is 3.51. The molecule has 0 aliphatic rings. The van der Waals surface area contributed by atoms with E-state index in [1.165, 1.54) is 12.7 Å². The zero-order chi connectivity index (χ0) is 6.69. The van der Waals surface area contributed by atoms with Gasteiger partial charge in [-0.3, -0.25) is 0 Å². The normalized spacial score (nSPS) is 13.0. The number of nitrogens with zero attached hydrogens (tertiary/aromatic N) is 1. The van der Waals surface area contributed by atoms with Gasteiger partial charge in [-0.1, -0.05) is 6.08 Å². The molecule has 0 aliphatic carbocycles. The van der Waals surface area contributed by atoms with Crippen molar-refractivity contribution in [2.75, 3.05) is 0 Å². The van der Waals surface area contributed by atoms with Crippen LogP contribution in [0.5, 0.6) is 0 Å². The van der Waals surface area contributed by atoms with E-state index in [1.54, 1.807) is 6.08 Å². The van der Waals surface area contributed by atoms with Gasteiger partial charge < -0.3 is 10.2 Å². The summed E-state index contributed by atoms with van der Waals surface area (Å²) in [6.07, 6.45) is 4.46. The van der Waals surface area contributed by atoms with Crippen molar-refractivity contribution in [1.29, 1.82) is 0 Å². The second-order valence-corrected chi connectivity index (χ2v) is 1.67. The number of nitrogens with two attached hydrogens (primary N) is 1. The van der Waals surface area contributed by atoms with Gasteiger partial charge in [-0.25, -0.2) is 4.98 Å². The average molecular weight is 124 g/mol. The third-order valence-electron chi connectivity index (χ3n) is 1.05. The maximum absolute atomic E-state index is 5.50. The first-order valence-electron chi connectivity index (χ1n) is 2.61. The summed E-state index contributed by atoms with van der Waals surface area (Å²) in [5.74, 6) is 0. The van der Waals surface area contributed by atoms with E-state index >= 15 is 0 Å². The molecule has 1 aromatic heterocycles. The number of aromatic nitrogens is 1. The highest BCUT2D eigenvalue weighted by atomic mass is 16.3. The number of hydrogen-bond donors (Lipinski definition) is 1. The Hall–Kier alpha value is -1.09. The third-order valence-corrected chi connectivity index (χ3v) is 1.05. The molecule has 0 fully saturated rings. The Morgan fingerprint density at radius 2 is 2.67 bits per heavy atom. The number of rotatable bonds is 2. The lowest BCUT2D eigenvalue weighted by molar-refractivity contribution is 0.555. The summed E-state index contributed by atoms with van der Waals surface area (Å²) < 4.78 is 4.70. The molecule has 1 unspecified atom stereocenters. The van der Waals surface area contributed by atoms with Crippen molar-refractivity contribution < 1.29 is 4.42 Å². The third kappa shape index (κ3) is 1.17. The maximum Gasteiger partial charge on any atom is 0.180 e. The Morgan fingerprint density at radius 1 is 1.89 bits per heavy atom. The van der Waals surface area contributed by atoms with E-state index in [4.69, 9.17) is 10.2 Å². The van der Waals surface area contributed by atoms with Gasteiger partial charge in [-0.15, -0.1) is 6.58 Å². The smallest absolute Gasteiger partial charge is 0.180 e. The van der Waals surface area contributed by atoms with Crippen LogP contribution in [0.3, 0.4) is 0 Å². The molecule has 0 radical (unpaired) electrons. The Bertz CT molecular complexity index is 181. The molecule has 3 nitrogen and oxygen atoms in total. The fourth-order valence-electron chi connectivity index (χ4n) is 0.507. The fourth-order valence-corrected chi connectivity index (χ4v) is 0.507. The minimum absolute atomic E-state index is 0.205. The standard InChI is InChI=1S/C6H8N2O/c1-2-5(7)6-3-9-4-8-6/h2-5H,1,7H2. The molecule has 3 heteroatoms. The highest BCUT2D eigenvalue weighted by Crippen LogP contribution is 2.05. The van der Waals surface area contributed by atoms with Gasteiger partial charge >= 0.3 is 0 Å².